The largest absolute Gasteiger partial charge is 0.478 e. The molecule has 0 bridgehead atoms. The highest BCUT2D eigenvalue weighted by atomic mass is 32.1. The van der Waals surface area contributed by atoms with Crippen LogP contribution in [0.5, 0.6) is 0 Å². The number of hydrogen-bond acceptors (Lipinski definition) is 3. The number of fused-ring (bicyclic) bond motifs is 1. The normalized spacial score (nSPS) is 11.0. The second kappa shape index (κ2) is 4.82. The maximum atomic E-state index is 13.4. The molecule has 0 aliphatic rings. The number of halogens is 1. The van der Waals surface area contributed by atoms with E-state index in [1.807, 2.05) is 0 Å². The van der Waals surface area contributed by atoms with Crippen molar-refractivity contribution in [2.45, 2.75) is 6.92 Å². The first kappa shape index (κ1) is 13.5. The molecule has 4 nitrogen and oxygen atoms in total. The van der Waals surface area contributed by atoms with Gasteiger partial charge < -0.3 is 5.11 Å². The average Bonchev–Trinajstić information content (AvgIpc) is 2.80. The molecule has 3 rings (SSSR count). The van der Waals surface area contributed by atoms with Crippen LogP contribution in [0.4, 0.5) is 4.39 Å². The van der Waals surface area contributed by atoms with Crippen LogP contribution in [0.15, 0.2) is 40.5 Å². The van der Waals surface area contributed by atoms with Gasteiger partial charge in [0.05, 0.1) is 11.1 Å². The summed E-state index contributed by atoms with van der Waals surface area (Å²) in [5.74, 6) is -1.73. The maximum absolute atomic E-state index is 13.4. The third-order valence-corrected chi connectivity index (χ3v) is 4.22. The molecule has 0 radical (unpaired) electrons. The summed E-state index contributed by atoms with van der Waals surface area (Å²) in [6.07, 6.45) is 0. The lowest BCUT2D eigenvalue weighted by atomic mass is 10.0. The smallest absolute Gasteiger partial charge is 0.336 e. The monoisotopic (exact) mass is 303 g/mol. The number of carboxylic acids is 1. The Morgan fingerprint density at radius 3 is 2.76 bits per heavy atom. The van der Waals surface area contributed by atoms with Crippen molar-refractivity contribution in [3.05, 3.63) is 63.1 Å². The van der Waals surface area contributed by atoms with Crippen LogP contribution in [0.3, 0.4) is 0 Å². The number of benzene rings is 1. The molecular formula is C15H10FNO3S. The zero-order chi connectivity index (χ0) is 15.1. The van der Waals surface area contributed by atoms with E-state index in [-0.39, 0.29) is 16.7 Å². The second-order valence-corrected chi connectivity index (χ2v) is 5.49. The van der Waals surface area contributed by atoms with Gasteiger partial charge in [0, 0.05) is 11.1 Å². The molecule has 106 valence electrons. The van der Waals surface area contributed by atoms with Gasteiger partial charge in [-0.2, -0.15) is 0 Å². The predicted molar refractivity (Wildman–Crippen MR) is 78.6 cm³/mol. The van der Waals surface area contributed by atoms with Crippen molar-refractivity contribution < 1.29 is 14.3 Å². The number of aryl methyl sites for hydroxylation is 1. The standard InChI is InChI=1S/C15H10FNO3S/c1-8-7-21-12-6-11(15(19)20)13(14(18)17(8)12)9-3-2-4-10(16)5-9/h2-7H,1H3,(H,19,20). The van der Waals surface area contributed by atoms with Gasteiger partial charge >= 0.3 is 5.97 Å². The van der Waals surface area contributed by atoms with Gasteiger partial charge in [-0.25, -0.2) is 9.18 Å². The summed E-state index contributed by atoms with van der Waals surface area (Å²) in [4.78, 5) is 24.6. The maximum Gasteiger partial charge on any atom is 0.336 e. The Morgan fingerprint density at radius 1 is 1.33 bits per heavy atom. The number of pyridine rings is 1. The molecule has 0 saturated heterocycles. The van der Waals surface area contributed by atoms with E-state index < -0.39 is 17.3 Å². The third kappa shape index (κ3) is 2.13. The van der Waals surface area contributed by atoms with Crippen molar-refractivity contribution in [3.8, 4) is 11.1 Å². The number of thiazole rings is 1. The van der Waals surface area contributed by atoms with Gasteiger partial charge in [-0.3, -0.25) is 9.20 Å². The van der Waals surface area contributed by atoms with Crippen molar-refractivity contribution in [1.82, 2.24) is 4.40 Å². The third-order valence-electron chi connectivity index (χ3n) is 3.22. The lowest BCUT2D eigenvalue weighted by Crippen LogP contribution is -2.19. The lowest BCUT2D eigenvalue weighted by Gasteiger charge is -2.07. The molecule has 0 atom stereocenters. The lowest BCUT2D eigenvalue weighted by molar-refractivity contribution is 0.0697. The Bertz CT molecular complexity index is 926. The highest BCUT2D eigenvalue weighted by Gasteiger charge is 2.19. The van der Waals surface area contributed by atoms with Crippen LogP contribution in [-0.4, -0.2) is 15.5 Å². The zero-order valence-corrected chi connectivity index (χ0v) is 11.8. The highest BCUT2D eigenvalue weighted by molar-refractivity contribution is 7.15. The quantitative estimate of drug-likeness (QED) is 0.791. The summed E-state index contributed by atoms with van der Waals surface area (Å²) in [7, 11) is 0. The Morgan fingerprint density at radius 2 is 2.10 bits per heavy atom. The molecule has 0 amide bonds. The summed E-state index contributed by atoms with van der Waals surface area (Å²) in [6.45, 7) is 1.76. The minimum Gasteiger partial charge on any atom is -0.478 e. The summed E-state index contributed by atoms with van der Waals surface area (Å²) >= 11 is 1.29. The molecule has 1 aromatic carbocycles. The molecule has 0 fully saturated rings. The van der Waals surface area contributed by atoms with Crippen molar-refractivity contribution in [2.24, 2.45) is 0 Å². The first-order valence-electron chi connectivity index (χ1n) is 6.12. The number of rotatable bonds is 2. The molecule has 6 heteroatoms. The van der Waals surface area contributed by atoms with Crippen molar-refractivity contribution in [2.75, 3.05) is 0 Å². The molecule has 0 unspecified atom stereocenters. The number of nitrogens with zero attached hydrogens (tertiary/aromatic N) is 1. The van der Waals surface area contributed by atoms with Crippen molar-refractivity contribution >= 4 is 22.1 Å². The van der Waals surface area contributed by atoms with Crippen LogP contribution < -0.4 is 5.56 Å². The first-order chi connectivity index (χ1) is 9.99. The van der Waals surface area contributed by atoms with Crippen molar-refractivity contribution in [1.29, 1.82) is 0 Å². The molecule has 3 aromatic rings. The van der Waals surface area contributed by atoms with Gasteiger partial charge in [-0.05, 0) is 30.7 Å². The van der Waals surface area contributed by atoms with Gasteiger partial charge in [0.1, 0.15) is 10.6 Å². The van der Waals surface area contributed by atoms with E-state index in [1.54, 1.807) is 12.3 Å². The Balaban J connectivity index is 2.47. The van der Waals surface area contributed by atoms with Crippen LogP contribution >= 0.6 is 11.3 Å². The summed E-state index contributed by atoms with van der Waals surface area (Å²) < 4.78 is 14.8. The fraction of sp³-hybridized carbons (Fsp3) is 0.0667. The van der Waals surface area contributed by atoms with Gasteiger partial charge in [-0.15, -0.1) is 11.3 Å². The van der Waals surface area contributed by atoms with E-state index in [0.717, 1.165) is 11.8 Å². The Labute approximate surface area is 122 Å². The van der Waals surface area contributed by atoms with E-state index in [2.05, 4.69) is 0 Å². The number of carboxylic acid groups (broad SMARTS) is 1. The average molecular weight is 303 g/mol. The highest BCUT2D eigenvalue weighted by Crippen LogP contribution is 2.25. The Kier molecular flexibility index (Phi) is 3.10. The molecule has 21 heavy (non-hydrogen) atoms. The summed E-state index contributed by atoms with van der Waals surface area (Å²) in [5.41, 5.74) is 0.412. The van der Waals surface area contributed by atoms with E-state index in [4.69, 9.17) is 0 Å². The predicted octanol–water partition coefficient (Wildman–Crippen LogP) is 3.17. The van der Waals surface area contributed by atoms with Crippen LogP contribution in [0.2, 0.25) is 0 Å². The molecule has 1 N–H and O–H groups in total. The fourth-order valence-corrected chi connectivity index (χ4v) is 3.21. The number of aromatic nitrogens is 1. The molecule has 0 aliphatic carbocycles. The fourth-order valence-electron chi connectivity index (χ4n) is 2.30. The van der Waals surface area contributed by atoms with Gasteiger partial charge in [-0.1, -0.05) is 12.1 Å². The zero-order valence-electron chi connectivity index (χ0n) is 11.0. The van der Waals surface area contributed by atoms with E-state index in [0.29, 0.717) is 4.83 Å². The van der Waals surface area contributed by atoms with Crippen LogP contribution in [0.1, 0.15) is 16.1 Å². The van der Waals surface area contributed by atoms with E-state index in [1.165, 1.54) is 40.0 Å². The SMILES string of the molecule is Cc1csc2cc(C(=O)O)c(-c3cccc(F)c3)c(=O)n12. The van der Waals surface area contributed by atoms with Gasteiger partial charge in [0.2, 0.25) is 0 Å². The first-order valence-corrected chi connectivity index (χ1v) is 7.00. The minimum atomic E-state index is -1.21. The summed E-state index contributed by atoms with van der Waals surface area (Å²) in [6, 6.07) is 6.83. The van der Waals surface area contributed by atoms with Crippen LogP contribution in [0.25, 0.3) is 16.0 Å². The molecule has 2 heterocycles. The van der Waals surface area contributed by atoms with E-state index >= 15 is 0 Å². The molecule has 0 saturated carbocycles. The molecule has 0 spiro atoms. The van der Waals surface area contributed by atoms with Crippen LogP contribution in [0, 0.1) is 12.7 Å². The van der Waals surface area contributed by atoms with Crippen LogP contribution in [-0.2, 0) is 0 Å². The Hall–Kier alpha value is -2.47. The van der Waals surface area contributed by atoms with E-state index in [9.17, 15) is 19.1 Å². The summed E-state index contributed by atoms with van der Waals surface area (Å²) in [5, 5.41) is 11.1. The van der Waals surface area contributed by atoms with Crippen molar-refractivity contribution in [3.63, 3.8) is 0 Å². The number of aromatic carboxylic acids is 1. The second-order valence-electron chi connectivity index (χ2n) is 4.60. The molecule has 2 aromatic heterocycles. The topological polar surface area (TPSA) is 58.8 Å². The number of carbonyl (C=O) groups is 1. The number of hydrogen-bond donors (Lipinski definition) is 1. The van der Waals surface area contributed by atoms with Gasteiger partial charge in [0.15, 0.2) is 0 Å². The molecule has 0 aliphatic heterocycles. The minimum absolute atomic E-state index is 0.000926. The van der Waals surface area contributed by atoms with Gasteiger partial charge in [0.25, 0.3) is 5.56 Å². The molecular weight excluding hydrogens is 293 g/mol.